The Bertz CT molecular complexity index is 449. The van der Waals surface area contributed by atoms with Gasteiger partial charge in [-0.25, -0.2) is 0 Å². The molecular formula is C17H23NO. The number of nitrogens with one attached hydrogen (secondary N) is 1. The van der Waals surface area contributed by atoms with Crippen LogP contribution in [0.3, 0.4) is 0 Å². The lowest BCUT2D eigenvalue weighted by atomic mass is 10.0. The summed E-state index contributed by atoms with van der Waals surface area (Å²) in [5.74, 6) is 1.04. The molecule has 1 heterocycles. The first-order valence-corrected chi connectivity index (χ1v) is 7.13. The fourth-order valence-electron chi connectivity index (χ4n) is 2.45. The van der Waals surface area contributed by atoms with Gasteiger partial charge in [-0.1, -0.05) is 43.7 Å². The zero-order valence-electron chi connectivity index (χ0n) is 11.8. The molecule has 1 aromatic carbocycles. The van der Waals surface area contributed by atoms with Crippen LogP contribution in [0.25, 0.3) is 0 Å². The molecule has 1 aromatic heterocycles. The number of rotatable bonds is 7. The standard InChI is InChI=1S/C17H23NO/c1-3-8-17(15-9-5-4-6-10-15)18-14(2)13-16-11-7-12-19-16/h4-7,9-12,14,17-18H,3,8,13H2,1-2H3. The van der Waals surface area contributed by atoms with Crippen LogP contribution in [0.2, 0.25) is 0 Å². The van der Waals surface area contributed by atoms with E-state index < -0.39 is 0 Å². The summed E-state index contributed by atoms with van der Waals surface area (Å²) in [5.41, 5.74) is 1.37. The Balaban J connectivity index is 1.96. The molecule has 2 atom stereocenters. The van der Waals surface area contributed by atoms with Crippen LogP contribution in [-0.4, -0.2) is 6.04 Å². The molecule has 0 aliphatic heterocycles. The van der Waals surface area contributed by atoms with Gasteiger partial charge in [-0.3, -0.25) is 0 Å². The zero-order chi connectivity index (χ0) is 13.5. The Labute approximate surface area is 115 Å². The number of furan rings is 1. The van der Waals surface area contributed by atoms with Gasteiger partial charge < -0.3 is 9.73 Å². The highest BCUT2D eigenvalue weighted by Crippen LogP contribution is 2.19. The summed E-state index contributed by atoms with van der Waals surface area (Å²) in [6, 6.07) is 15.5. The van der Waals surface area contributed by atoms with Crippen molar-refractivity contribution in [3.05, 3.63) is 60.1 Å². The predicted molar refractivity (Wildman–Crippen MR) is 79.1 cm³/mol. The van der Waals surface area contributed by atoms with E-state index in [2.05, 4.69) is 49.5 Å². The van der Waals surface area contributed by atoms with Gasteiger partial charge in [0.05, 0.1) is 6.26 Å². The van der Waals surface area contributed by atoms with Crippen LogP contribution in [0.5, 0.6) is 0 Å². The first kappa shape index (κ1) is 13.9. The second kappa shape index (κ2) is 7.15. The summed E-state index contributed by atoms with van der Waals surface area (Å²) < 4.78 is 5.41. The highest BCUT2D eigenvalue weighted by atomic mass is 16.3. The summed E-state index contributed by atoms with van der Waals surface area (Å²) in [6.07, 6.45) is 5.01. The molecule has 0 saturated heterocycles. The van der Waals surface area contributed by atoms with Crippen molar-refractivity contribution in [3.8, 4) is 0 Å². The van der Waals surface area contributed by atoms with E-state index in [0.29, 0.717) is 12.1 Å². The molecule has 0 aliphatic carbocycles. The highest BCUT2D eigenvalue weighted by Gasteiger charge is 2.14. The highest BCUT2D eigenvalue weighted by molar-refractivity contribution is 5.19. The van der Waals surface area contributed by atoms with E-state index >= 15 is 0 Å². The van der Waals surface area contributed by atoms with Crippen LogP contribution in [0.4, 0.5) is 0 Å². The Hall–Kier alpha value is -1.54. The van der Waals surface area contributed by atoms with Gasteiger partial charge in [-0.05, 0) is 31.0 Å². The van der Waals surface area contributed by atoms with E-state index in [4.69, 9.17) is 4.42 Å². The minimum absolute atomic E-state index is 0.405. The third-order valence-electron chi connectivity index (χ3n) is 3.35. The number of hydrogen-bond acceptors (Lipinski definition) is 2. The number of benzene rings is 1. The molecule has 0 fully saturated rings. The van der Waals surface area contributed by atoms with Gasteiger partial charge in [0.1, 0.15) is 5.76 Å². The Kier molecular flexibility index (Phi) is 5.22. The quantitative estimate of drug-likeness (QED) is 0.798. The van der Waals surface area contributed by atoms with Crippen molar-refractivity contribution in [2.75, 3.05) is 0 Å². The van der Waals surface area contributed by atoms with Crippen molar-refractivity contribution in [1.29, 1.82) is 0 Å². The fraction of sp³-hybridized carbons (Fsp3) is 0.412. The first-order chi connectivity index (χ1) is 9.29. The second-order valence-electron chi connectivity index (χ2n) is 5.10. The van der Waals surface area contributed by atoms with Gasteiger partial charge in [0, 0.05) is 18.5 Å². The van der Waals surface area contributed by atoms with Crippen LogP contribution in [-0.2, 0) is 6.42 Å². The summed E-state index contributed by atoms with van der Waals surface area (Å²) in [4.78, 5) is 0. The maximum absolute atomic E-state index is 5.41. The van der Waals surface area contributed by atoms with Crippen molar-refractivity contribution in [1.82, 2.24) is 5.32 Å². The lowest BCUT2D eigenvalue weighted by Gasteiger charge is -2.23. The fourth-order valence-corrected chi connectivity index (χ4v) is 2.45. The van der Waals surface area contributed by atoms with Crippen molar-refractivity contribution < 1.29 is 4.42 Å². The Morgan fingerprint density at radius 2 is 1.89 bits per heavy atom. The molecule has 102 valence electrons. The lowest BCUT2D eigenvalue weighted by Crippen LogP contribution is -2.32. The summed E-state index contributed by atoms with van der Waals surface area (Å²) in [7, 11) is 0. The normalized spacial score (nSPS) is 14.2. The molecule has 19 heavy (non-hydrogen) atoms. The summed E-state index contributed by atoms with van der Waals surface area (Å²) >= 11 is 0. The van der Waals surface area contributed by atoms with Crippen LogP contribution in [0.15, 0.2) is 53.1 Å². The number of hydrogen-bond donors (Lipinski definition) is 1. The molecule has 0 amide bonds. The molecule has 0 spiro atoms. The molecule has 1 N–H and O–H groups in total. The maximum atomic E-state index is 5.41. The van der Waals surface area contributed by atoms with E-state index in [9.17, 15) is 0 Å². The van der Waals surface area contributed by atoms with E-state index in [-0.39, 0.29) is 0 Å². The molecule has 2 rings (SSSR count). The van der Waals surface area contributed by atoms with E-state index in [1.807, 2.05) is 12.1 Å². The molecule has 2 nitrogen and oxygen atoms in total. The van der Waals surface area contributed by atoms with Gasteiger partial charge in [0.15, 0.2) is 0 Å². The van der Waals surface area contributed by atoms with Gasteiger partial charge in [0.25, 0.3) is 0 Å². The average Bonchev–Trinajstić information content (AvgIpc) is 2.92. The van der Waals surface area contributed by atoms with E-state index in [1.165, 1.54) is 12.0 Å². The SMILES string of the molecule is CCCC(NC(C)Cc1ccco1)c1ccccc1. The second-order valence-corrected chi connectivity index (χ2v) is 5.10. The minimum atomic E-state index is 0.405. The van der Waals surface area contributed by atoms with Crippen molar-refractivity contribution >= 4 is 0 Å². The van der Waals surface area contributed by atoms with Gasteiger partial charge in [-0.15, -0.1) is 0 Å². The van der Waals surface area contributed by atoms with Crippen molar-refractivity contribution in [3.63, 3.8) is 0 Å². The van der Waals surface area contributed by atoms with Crippen LogP contribution < -0.4 is 5.32 Å². The van der Waals surface area contributed by atoms with Crippen LogP contribution in [0.1, 0.15) is 44.1 Å². The molecule has 2 unspecified atom stereocenters. The topological polar surface area (TPSA) is 25.2 Å². The molecule has 2 heteroatoms. The summed E-state index contributed by atoms with van der Waals surface area (Å²) in [5, 5.41) is 3.71. The Morgan fingerprint density at radius 3 is 2.53 bits per heavy atom. The monoisotopic (exact) mass is 257 g/mol. The smallest absolute Gasteiger partial charge is 0.105 e. The van der Waals surface area contributed by atoms with Crippen molar-refractivity contribution in [2.24, 2.45) is 0 Å². The van der Waals surface area contributed by atoms with Gasteiger partial charge in [0.2, 0.25) is 0 Å². The third kappa shape index (κ3) is 4.25. The van der Waals surface area contributed by atoms with Crippen LogP contribution in [0, 0.1) is 0 Å². The van der Waals surface area contributed by atoms with Crippen molar-refractivity contribution in [2.45, 2.75) is 45.2 Å². The van der Waals surface area contributed by atoms with Gasteiger partial charge in [-0.2, -0.15) is 0 Å². The molecule has 2 aromatic rings. The maximum Gasteiger partial charge on any atom is 0.105 e. The first-order valence-electron chi connectivity index (χ1n) is 7.13. The minimum Gasteiger partial charge on any atom is -0.469 e. The molecule has 0 bridgehead atoms. The Morgan fingerprint density at radius 1 is 1.11 bits per heavy atom. The lowest BCUT2D eigenvalue weighted by molar-refractivity contribution is 0.401. The predicted octanol–water partition coefficient (Wildman–Crippen LogP) is 4.34. The summed E-state index contributed by atoms with van der Waals surface area (Å²) in [6.45, 7) is 4.45. The molecule has 0 aliphatic rings. The van der Waals surface area contributed by atoms with Gasteiger partial charge >= 0.3 is 0 Å². The largest absolute Gasteiger partial charge is 0.469 e. The third-order valence-corrected chi connectivity index (χ3v) is 3.35. The molecule has 0 saturated carbocycles. The van der Waals surface area contributed by atoms with Crippen LogP contribution >= 0.6 is 0 Å². The zero-order valence-corrected chi connectivity index (χ0v) is 11.8. The molecular weight excluding hydrogens is 234 g/mol. The average molecular weight is 257 g/mol. The molecule has 0 radical (unpaired) electrons. The van der Waals surface area contributed by atoms with E-state index in [0.717, 1.165) is 18.6 Å². The van der Waals surface area contributed by atoms with E-state index in [1.54, 1.807) is 6.26 Å².